The molecule has 1 N–H and O–H groups in total. The molecule has 0 bridgehead atoms. The van der Waals surface area contributed by atoms with Crippen LogP contribution in [-0.2, 0) is 4.79 Å². The van der Waals surface area contributed by atoms with E-state index in [1.807, 2.05) is 0 Å². The van der Waals surface area contributed by atoms with E-state index in [1.54, 1.807) is 0 Å². The zero-order valence-corrected chi connectivity index (χ0v) is 6.02. The van der Waals surface area contributed by atoms with E-state index in [0.29, 0.717) is 6.54 Å². The van der Waals surface area contributed by atoms with Crippen LogP contribution in [0.2, 0.25) is 0 Å². The van der Waals surface area contributed by atoms with Gasteiger partial charge in [-0.1, -0.05) is 19.8 Å². The van der Waals surface area contributed by atoms with Crippen molar-refractivity contribution in [2.75, 3.05) is 13.1 Å². The molecule has 0 unspecified atom stereocenters. The molecule has 0 aliphatic carbocycles. The molecule has 0 radical (unpaired) electrons. The van der Waals surface area contributed by atoms with Crippen molar-refractivity contribution in [1.29, 1.82) is 0 Å². The summed E-state index contributed by atoms with van der Waals surface area (Å²) in [6.45, 7) is 3.65. The monoisotopic (exact) mass is 129 g/mol. The predicted octanol–water partition coefficient (Wildman–Crippen LogP) is 0.965. The first-order valence-electron chi connectivity index (χ1n) is 3.56. The molecular formula is C7H15NO. The van der Waals surface area contributed by atoms with Crippen molar-refractivity contribution in [2.45, 2.75) is 26.2 Å². The molecule has 0 heterocycles. The molecule has 0 aromatic heterocycles. The Hall–Kier alpha value is -0.370. The molecule has 2 nitrogen and oxygen atoms in total. The van der Waals surface area contributed by atoms with Crippen molar-refractivity contribution in [2.24, 2.45) is 0 Å². The normalized spacial score (nSPS) is 9.44. The highest BCUT2D eigenvalue weighted by Gasteiger charge is 1.83. The van der Waals surface area contributed by atoms with Gasteiger partial charge in [0, 0.05) is 0 Å². The van der Waals surface area contributed by atoms with Gasteiger partial charge in [-0.15, -0.1) is 0 Å². The molecule has 0 fully saturated rings. The number of carbonyl (C=O) groups excluding carboxylic acids is 1. The van der Waals surface area contributed by atoms with Gasteiger partial charge in [-0.3, -0.25) is 0 Å². The van der Waals surface area contributed by atoms with Crippen LogP contribution in [0, 0.1) is 0 Å². The fraction of sp³-hybridized carbons (Fsp3) is 0.857. The van der Waals surface area contributed by atoms with Crippen LogP contribution in [0.1, 0.15) is 26.2 Å². The molecule has 0 rings (SSSR count). The molecule has 0 spiro atoms. The van der Waals surface area contributed by atoms with Crippen molar-refractivity contribution in [3.8, 4) is 0 Å². The Bertz CT molecular complexity index is 63.9. The third-order valence-corrected chi connectivity index (χ3v) is 1.18. The van der Waals surface area contributed by atoms with E-state index in [2.05, 4.69) is 12.2 Å². The van der Waals surface area contributed by atoms with Gasteiger partial charge in [0.25, 0.3) is 0 Å². The van der Waals surface area contributed by atoms with Crippen LogP contribution in [-0.4, -0.2) is 19.4 Å². The van der Waals surface area contributed by atoms with E-state index < -0.39 is 0 Å². The second-order valence-electron chi connectivity index (χ2n) is 2.08. The fourth-order valence-electron chi connectivity index (χ4n) is 0.661. The number of aldehydes is 1. The quantitative estimate of drug-likeness (QED) is 0.427. The average molecular weight is 129 g/mol. The Morgan fingerprint density at radius 3 is 2.78 bits per heavy atom. The summed E-state index contributed by atoms with van der Waals surface area (Å²) in [6, 6.07) is 0. The van der Waals surface area contributed by atoms with E-state index in [0.717, 1.165) is 12.8 Å². The van der Waals surface area contributed by atoms with Crippen molar-refractivity contribution < 1.29 is 4.79 Å². The topological polar surface area (TPSA) is 29.1 Å². The fourth-order valence-corrected chi connectivity index (χ4v) is 0.661. The SMILES string of the molecule is CCCCCNCC=O. The van der Waals surface area contributed by atoms with E-state index in [1.165, 1.54) is 19.3 Å². The third-order valence-electron chi connectivity index (χ3n) is 1.18. The van der Waals surface area contributed by atoms with Crippen LogP contribution < -0.4 is 5.32 Å². The van der Waals surface area contributed by atoms with Gasteiger partial charge in [-0.05, 0) is 13.0 Å². The van der Waals surface area contributed by atoms with E-state index in [4.69, 9.17) is 0 Å². The molecule has 0 atom stereocenters. The maximum atomic E-state index is 9.78. The van der Waals surface area contributed by atoms with Gasteiger partial charge in [0.1, 0.15) is 6.29 Å². The lowest BCUT2D eigenvalue weighted by Gasteiger charge is -1.96. The van der Waals surface area contributed by atoms with Crippen molar-refractivity contribution in [3.05, 3.63) is 0 Å². The number of hydrogen-bond acceptors (Lipinski definition) is 2. The Labute approximate surface area is 56.6 Å². The molecule has 0 aromatic carbocycles. The highest BCUT2D eigenvalue weighted by atomic mass is 16.1. The van der Waals surface area contributed by atoms with Gasteiger partial charge in [-0.2, -0.15) is 0 Å². The minimum Gasteiger partial charge on any atom is -0.310 e. The van der Waals surface area contributed by atoms with Crippen molar-refractivity contribution in [3.63, 3.8) is 0 Å². The zero-order valence-electron chi connectivity index (χ0n) is 6.02. The van der Waals surface area contributed by atoms with Gasteiger partial charge < -0.3 is 10.1 Å². The maximum Gasteiger partial charge on any atom is 0.133 e. The molecule has 0 aliphatic rings. The summed E-state index contributed by atoms with van der Waals surface area (Å²) in [5.74, 6) is 0. The summed E-state index contributed by atoms with van der Waals surface area (Å²) in [4.78, 5) is 9.78. The van der Waals surface area contributed by atoms with Crippen LogP contribution in [0.3, 0.4) is 0 Å². The molecular weight excluding hydrogens is 114 g/mol. The van der Waals surface area contributed by atoms with Gasteiger partial charge in [-0.25, -0.2) is 0 Å². The highest BCUT2D eigenvalue weighted by molar-refractivity contribution is 5.51. The predicted molar refractivity (Wildman–Crippen MR) is 38.5 cm³/mol. The molecule has 0 aliphatic heterocycles. The molecule has 0 amide bonds. The minimum atomic E-state index is 0.504. The second-order valence-corrected chi connectivity index (χ2v) is 2.08. The number of unbranched alkanes of at least 4 members (excludes halogenated alkanes) is 2. The van der Waals surface area contributed by atoms with E-state index in [-0.39, 0.29) is 0 Å². The summed E-state index contributed by atoms with van der Waals surface area (Å²) >= 11 is 0. The number of rotatable bonds is 6. The lowest BCUT2D eigenvalue weighted by Crippen LogP contribution is -2.17. The molecule has 2 heteroatoms. The lowest BCUT2D eigenvalue weighted by atomic mass is 10.2. The Morgan fingerprint density at radius 1 is 1.44 bits per heavy atom. The minimum absolute atomic E-state index is 0.504. The largest absolute Gasteiger partial charge is 0.310 e. The number of nitrogens with one attached hydrogen (secondary N) is 1. The summed E-state index contributed by atoms with van der Waals surface area (Å²) in [5.41, 5.74) is 0. The number of carbonyl (C=O) groups is 1. The van der Waals surface area contributed by atoms with Gasteiger partial charge in [0.2, 0.25) is 0 Å². The Kier molecular flexibility index (Phi) is 7.32. The Balaban J connectivity index is 2.66. The van der Waals surface area contributed by atoms with Gasteiger partial charge >= 0.3 is 0 Å². The molecule has 0 saturated carbocycles. The molecule has 9 heavy (non-hydrogen) atoms. The lowest BCUT2D eigenvalue weighted by molar-refractivity contribution is -0.107. The van der Waals surface area contributed by atoms with Gasteiger partial charge in [0.15, 0.2) is 0 Å². The zero-order chi connectivity index (χ0) is 6.95. The number of hydrogen-bond donors (Lipinski definition) is 1. The van der Waals surface area contributed by atoms with Crippen LogP contribution >= 0.6 is 0 Å². The molecule has 54 valence electrons. The van der Waals surface area contributed by atoms with Crippen molar-refractivity contribution in [1.82, 2.24) is 5.32 Å². The van der Waals surface area contributed by atoms with E-state index in [9.17, 15) is 4.79 Å². The summed E-state index contributed by atoms with van der Waals surface area (Å²) < 4.78 is 0. The van der Waals surface area contributed by atoms with E-state index >= 15 is 0 Å². The van der Waals surface area contributed by atoms with Crippen LogP contribution in [0.15, 0.2) is 0 Å². The standard InChI is InChI=1S/C7H15NO/c1-2-3-4-5-8-6-7-9/h7-8H,2-6H2,1H3. The average Bonchev–Trinajstić information content (AvgIpc) is 1.89. The van der Waals surface area contributed by atoms with Crippen LogP contribution in [0.25, 0.3) is 0 Å². The first-order valence-corrected chi connectivity index (χ1v) is 3.56. The summed E-state index contributed by atoms with van der Waals surface area (Å²) in [6.07, 6.45) is 4.57. The van der Waals surface area contributed by atoms with Crippen LogP contribution in [0.4, 0.5) is 0 Å². The molecule has 0 aromatic rings. The summed E-state index contributed by atoms with van der Waals surface area (Å²) in [7, 11) is 0. The second kappa shape index (κ2) is 7.63. The van der Waals surface area contributed by atoms with Crippen LogP contribution in [0.5, 0.6) is 0 Å². The van der Waals surface area contributed by atoms with Gasteiger partial charge in [0.05, 0.1) is 6.54 Å². The van der Waals surface area contributed by atoms with Crippen molar-refractivity contribution >= 4 is 6.29 Å². The molecule has 0 saturated heterocycles. The summed E-state index contributed by atoms with van der Waals surface area (Å²) in [5, 5.41) is 3.00. The first kappa shape index (κ1) is 8.63. The highest BCUT2D eigenvalue weighted by Crippen LogP contribution is 1.89. The Morgan fingerprint density at radius 2 is 2.22 bits per heavy atom. The smallest absolute Gasteiger partial charge is 0.133 e. The maximum absolute atomic E-state index is 9.78. The third kappa shape index (κ3) is 7.63. The first-order chi connectivity index (χ1) is 4.41.